The molecule has 2 unspecified atom stereocenters. The Bertz CT molecular complexity index is 110. The highest BCUT2D eigenvalue weighted by Crippen LogP contribution is 2.17. The van der Waals surface area contributed by atoms with E-state index in [0.717, 1.165) is 18.8 Å². The van der Waals surface area contributed by atoms with Gasteiger partial charge in [0, 0.05) is 11.2 Å². The third kappa shape index (κ3) is 4.88. The van der Waals surface area contributed by atoms with Gasteiger partial charge < -0.3 is 0 Å². The normalized spacial score (nSPS) is 15.8. The maximum absolute atomic E-state index is 5.13. The molecule has 0 heterocycles. The van der Waals surface area contributed by atoms with Crippen LogP contribution in [0.15, 0.2) is 0 Å². The minimum atomic E-state index is 0.616. The molecule has 0 aliphatic carbocycles. The summed E-state index contributed by atoms with van der Waals surface area (Å²) in [5, 5.41) is 0. The lowest BCUT2D eigenvalue weighted by atomic mass is 10.0. The van der Waals surface area contributed by atoms with Gasteiger partial charge in [-0.2, -0.15) is 0 Å². The molecule has 0 bridgehead atoms. The Hall–Kier alpha value is 0.0400. The fraction of sp³-hybridized carbons (Fsp3) is 0.778. The van der Waals surface area contributed by atoms with Gasteiger partial charge in [-0.05, 0) is 18.8 Å². The lowest BCUT2D eigenvalue weighted by Gasteiger charge is -2.11. The topological polar surface area (TPSA) is 0 Å². The summed E-state index contributed by atoms with van der Waals surface area (Å²) in [5.41, 5.74) is 0. The molecule has 0 aromatic rings. The van der Waals surface area contributed by atoms with E-state index >= 15 is 0 Å². The molecular weight excluding hydrogens is 188 g/mol. The van der Waals surface area contributed by atoms with Crippen molar-refractivity contribution in [3.8, 4) is 12.3 Å². The van der Waals surface area contributed by atoms with Gasteiger partial charge in [0.15, 0.2) is 0 Å². The molecule has 58 valence electrons. The van der Waals surface area contributed by atoms with Crippen LogP contribution in [0.1, 0.15) is 33.1 Å². The van der Waals surface area contributed by atoms with E-state index in [1.807, 2.05) is 0 Å². The van der Waals surface area contributed by atoms with Crippen LogP contribution >= 0.6 is 15.9 Å². The van der Waals surface area contributed by atoms with Crippen LogP contribution in [-0.2, 0) is 0 Å². The molecule has 0 amide bonds. The highest BCUT2D eigenvalue weighted by molar-refractivity contribution is 9.09. The molecule has 0 aromatic carbocycles. The Morgan fingerprint density at radius 1 is 1.50 bits per heavy atom. The van der Waals surface area contributed by atoms with Crippen molar-refractivity contribution >= 4 is 15.9 Å². The second-order valence-corrected chi connectivity index (χ2v) is 4.20. The average Bonchev–Trinajstić information content (AvgIpc) is 1.88. The van der Waals surface area contributed by atoms with Gasteiger partial charge in [0.2, 0.25) is 0 Å². The van der Waals surface area contributed by atoms with Gasteiger partial charge in [0.05, 0.1) is 0 Å². The first kappa shape index (κ1) is 10.0. The maximum atomic E-state index is 5.13. The first-order valence-corrected chi connectivity index (χ1v) is 4.67. The first-order chi connectivity index (χ1) is 4.68. The predicted octanol–water partition coefficient (Wildman–Crippen LogP) is 3.21. The minimum absolute atomic E-state index is 0.616. The zero-order valence-corrected chi connectivity index (χ0v) is 8.32. The molecule has 0 aromatic heterocycles. The molecule has 0 rings (SSSR count). The van der Waals surface area contributed by atoms with Crippen LogP contribution in [0.2, 0.25) is 0 Å². The summed E-state index contributed by atoms with van der Waals surface area (Å²) >= 11 is 3.54. The average molecular weight is 203 g/mol. The SMILES string of the molecule is C#CCCCC(C)C(C)Br. The second-order valence-electron chi connectivity index (χ2n) is 2.75. The van der Waals surface area contributed by atoms with Crippen molar-refractivity contribution in [3.05, 3.63) is 0 Å². The van der Waals surface area contributed by atoms with E-state index in [0.29, 0.717) is 4.83 Å². The smallest absolute Gasteiger partial charge is 0.0143 e. The number of unbranched alkanes of at least 4 members (excludes halogenated alkanes) is 1. The van der Waals surface area contributed by atoms with E-state index in [9.17, 15) is 0 Å². The Morgan fingerprint density at radius 3 is 2.50 bits per heavy atom. The summed E-state index contributed by atoms with van der Waals surface area (Å²) < 4.78 is 0. The minimum Gasteiger partial charge on any atom is -0.120 e. The fourth-order valence-electron chi connectivity index (χ4n) is 0.756. The lowest BCUT2D eigenvalue weighted by molar-refractivity contribution is 0.516. The van der Waals surface area contributed by atoms with Crippen LogP contribution < -0.4 is 0 Å². The van der Waals surface area contributed by atoms with Gasteiger partial charge in [-0.1, -0.05) is 29.8 Å². The van der Waals surface area contributed by atoms with Crippen LogP contribution in [0.3, 0.4) is 0 Å². The van der Waals surface area contributed by atoms with Gasteiger partial charge in [-0.15, -0.1) is 12.3 Å². The fourth-order valence-corrected chi connectivity index (χ4v) is 1.02. The number of terminal acetylenes is 1. The summed E-state index contributed by atoms with van der Waals surface area (Å²) in [6.45, 7) is 4.43. The van der Waals surface area contributed by atoms with Gasteiger partial charge in [-0.25, -0.2) is 0 Å². The largest absolute Gasteiger partial charge is 0.120 e. The summed E-state index contributed by atoms with van der Waals surface area (Å²) in [7, 11) is 0. The van der Waals surface area contributed by atoms with Crippen molar-refractivity contribution in [3.63, 3.8) is 0 Å². The monoisotopic (exact) mass is 202 g/mol. The van der Waals surface area contributed by atoms with Gasteiger partial charge >= 0.3 is 0 Å². The van der Waals surface area contributed by atoms with Crippen molar-refractivity contribution in [2.24, 2.45) is 5.92 Å². The Kier molecular flexibility index (Phi) is 5.82. The van der Waals surface area contributed by atoms with E-state index in [1.165, 1.54) is 6.42 Å². The standard InChI is InChI=1S/C9H15Br/c1-4-5-6-7-8(2)9(3)10/h1,8-9H,5-7H2,2-3H3. The zero-order chi connectivity index (χ0) is 7.98. The quantitative estimate of drug-likeness (QED) is 0.374. The van der Waals surface area contributed by atoms with Crippen molar-refractivity contribution in [1.82, 2.24) is 0 Å². The van der Waals surface area contributed by atoms with E-state index in [-0.39, 0.29) is 0 Å². The lowest BCUT2D eigenvalue weighted by Crippen LogP contribution is -2.05. The molecule has 0 aliphatic rings. The number of halogens is 1. The number of hydrogen-bond donors (Lipinski definition) is 0. The highest BCUT2D eigenvalue weighted by atomic mass is 79.9. The van der Waals surface area contributed by atoms with Gasteiger partial charge in [0.1, 0.15) is 0 Å². The molecular formula is C9H15Br. The van der Waals surface area contributed by atoms with Gasteiger partial charge in [0.25, 0.3) is 0 Å². The Morgan fingerprint density at radius 2 is 2.10 bits per heavy atom. The summed E-state index contributed by atoms with van der Waals surface area (Å²) in [6.07, 6.45) is 8.44. The number of hydrogen-bond acceptors (Lipinski definition) is 0. The van der Waals surface area contributed by atoms with Crippen molar-refractivity contribution in [2.75, 3.05) is 0 Å². The number of alkyl halides is 1. The highest BCUT2D eigenvalue weighted by Gasteiger charge is 2.06. The Balaban J connectivity index is 3.23. The van der Waals surface area contributed by atoms with Crippen LogP contribution in [0.25, 0.3) is 0 Å². The zero-order valence-electron chi connectivity index (χ0n) is 6.73. The molecule has 1 heteroatoms. The molecule has 0 nitrogen and oxygen atoms in total. The summed E-state index contributed by atoms with van der Waals surface area (Å²) in [6, 6.07) is 0. The third-order valence-electron chi connectivity index (χ3n) is 1.76. The van der Waals surface area contributed by atoms with Gasteiger partial charge in [-0.3, -0.25) is 0 Å². The van der Waals surface area contributed by atoms with Crippen molar-refractivity contribution < 1.29 is 0 Å². The summed E-state index contributed by atoms with van der Waals surface area (Å²) in [5.74, 6) is 3.39. The molecule has 2 atom stereocenters. The molecule has 10 heavy (non-hydrogen) atoms. The van der Waals surface area contributed by atoms with Crippen molar-refractivity contribution in [1.29, 1.82) is 0 Å². The van der Waals surface area contributed by atoms with E-state index in [1.54, 1.807) is 0 Å². The second kappa shape index (κ2) is 5.80. The molecule has 0 saturated carbocycles. The third-order valence-corrected chi connectivity index (χ3v) is 2.67. The van der Waals surface area contributed by atoms with Crippen molar-refractivity contribution in [2.45, 2.75) is 37.9 Å². The predicted molar refractivity (Wildman–Crippen MR) is 50.2 cm³/mol. The van der Waals surface area contributed by atoms with Crippen LogP contribution in [0.5, 0.6) is 0 Å². The first-order valence-electron chi connectivity index (χ1n) is 3.76. The Labute approximate surface area is 72.5 Å². The summed E-state index contributed by atoms with van der Waals surface area (Å²) in [4.78, 5) is 0.616. The van der Waals surface area contributed by atoms with E-state index in [2.05, 4.69) is 35.7 Å². The molecule has 0 spiro atoms. The molecule has 0 fully saturated rings. The molecule has 0 saturated heterocycles. The number of rotatable bonds is 4. The van der Waals surface area contributed by atoms with Crippen LogP contribution in [-0.4, -0.2) is 4.83 Å². The molecule has 0 radical (unpaired) electrons. The molecule has 0 N–H and O–H groups in total. The van der Waals surface area contributed by atoms with E-state index < -0.39 is 0 Å². The van der Waals surface area contributed by atoms with E-state index in [4.69, 9.17) is 6.42 Å². The molecule has 0 aliphatic heterocycles. The van der Waals surface area contributed by atoms with Crippen LogP contribution in [0, 0.1) is 18.3 Å². The van der Waals surface area contributed by atoms with Crippen LogP contribution in [0.4, 0.5) is 0 Å². The maximum Gasteiger partial charge on any atom is 0.0143 e.